The lowest BCUT2D eigenvalue weighted by Crippen LogP contribution is -2.19. The first kappa shape index (κ1) is 15.4. The number of rotatable bonds is 5. The molecule has 2 aromatic rings. The lowest BCUT2D eigenvalue weighted by Gasteiger charge is -2.15. The second-order valence-electron chi connectivity index (χ2n) is 4.71. The molecule has 0 spiro atoms. The number of aryl methyl sites for hydroxylation is 1. The summed E-state index contributed by atoms with van der Waals surface area (Å²) in [5.74, 6) is 0.606. The fourth-order valence-electron chi connectivity index (χ4n) is 2.13. The number of halogens is 3. The van der Waals surface area contributed by atoms with Crippen LogP contribution in [-0.4, -0.2) is 13.4 Å². The van der Waals surface area contributed by atoms with Crippen molar-refractivity contribution < 1.29 is 22.3 Å². The van der Waals surface area contributed by atoms with E-state index in [1.165, 1.54) is 12.1 Å². The zero-order valence-corrected chi connectivity index (χ0v) is 11.7. The number of ether oxygens (including phenoxy) is 1. The molecular weight excluding hydrogens is 283 g/mol. The van der Waals surface area contributed by atoms with Gasteiger partial charge in [0, 0.05) is 0 Å². The van der Waals surface area contributed by atoms with Gasteiger partial charge in [0.15, 0.2) is 0 Å². The SMILES string of the molecule is CNC(Cc1ccc(OC(F)(F)F)cc1)c1occc1C. The maximum Gasteiger partial charge on any atom is 0.573 e. The van der Waals surface area contributed by atoms with Gasteiger partial charge in [-0.2, -0.15) is 0 Å². The van der Waals surface area contributed by atoms with Gasteiger partial charge in [-0.3, -0.25) is 0 Å². The van der Waals surface area contributed by atoms with Crippen LogP contribution in [0.3, 0.4) is 0 Å². The Morgan fingerprint density at radius 2 is 1.86 bits per heavy atom. The van der Waals surface area contributed by atoms with E-state index in [0.717, 1.165) is 16.9 Å². The Labute approximate surface area is 120 Å². The number of alkyl halides is 3. The Morgan fingerprint density at radius 1 is 1.19 bits per heavy atom. The minimum atomic E-state index is -4.67. The Morgan fingerprint density at radius 3 is 2.33 bits per heavy atom. The Hall–Kier alpha value is -1.95. The quantitative estimate of drug-likeness (QED) is 0.906. The molecule has 1 N–H and O–H groups in total. The molecule has 1 atom stereocenters. The highest BCUT2D eigenvalue weighted by Crippen LogP contribution is 2.25. The number of hydrogen-bond acceptors (Lipinski definition) is 3. The van der Waals surface area contributed by atoms with E-state index in [1.54, 1.807) is 18.4 Å². The van der Waals surface area contributed by atoms with Crippen molar-refractivity contribution in [2.45, 2.75) is 25.7 Å². The van der Waals surface area contributed by atoms with Crippen LogP contribution in [0.25, 0.3) is 0 Å². The highest BCUT2D eigenvalue weighted by Gasteiger charge is 2.31. The number of hydrogen-bond donors (Lipinski definition) is 1. The average molecular weight is 299 g/mol. The summed E-state index contributed by atoms with van der Waals surface area (Å²) in [4.78, 5) is 0. The van der Waals surface area contributed by atoms with Gasteiger partial charge in [-0.05, 0) is 49.7 Å². The largest absolute Gasteiger partial charge is 0.573 e. The van der Waals surface area contributed by atoms with Gasteiger partial charge in [-0.1, -0.05) is 12.1 Å². The van der Waals surface area contributed by atoms with Crippen LogP contribution < -0.4 is 10.1 Å². The van der Waals surface area contributed by atoms with Crippen LogP contribution in [0.1, 0.15) is 22.9 Å². The first-order chi connectivity index (χ1) is 9.89. The van der Waals surface area contributed by atoms with Crippen molar-refractivity contribution >= 4 is 0 Å². The molecule has 21 heavy (non-hydrogen) atoms. The zero-order chi connectivity index (χ0) is 15.5. The monoisotopic (exact) mass is 299 g/mol. The summed E-state index contributed by atoms with van der Waals surface area (Å²) in [5.41, 5.74) is 1.92. The smallest absolute Gasteiger partial charge is 0.467 e. The second kappa shape index (κ2) is 6.22. The maximum atomic E-state index is 12.1. The molecule has 1 aromatic heterocycles. The normalized spacial score (nSPS) is 13.2. The second-order valence-corrected chi connectivity index (χ2v) is 4.71. The predicted octanol–water partition coefficient (Wildman–Crippen LogP) is 3.99. The lowest BCUT2D eigenvalue weighted by atomic mass is 10.0. The topological polar surface area (TPSA) is 34.4 Å². The van der Waals surface area contributed by atoms with Crippen molar-refractivity contribution in [2.24, 2.45) is 0 Å². The van der Waals surface area contributed by atoms with Gasteiger partial charge in [-0.25, -0.2) is 0 Å². The van der Waals surface area contributed by atoms with Crippen molar-refractivity contribution in [1.82, 2.24) is 5.32 Å². The molecule has 3 nitrogen and oxygen atoms in total. The molecule has 0 radical (unpaired) electrons. The predicted molar refractivity (Wildman–Crippen MR) is 72.1 cm³/mol. The van der Waals surface area contributed by atoms with Gasteiger partial charge in [-0.15, -0.1) is 13.2 Å². The molecule has 0 amide bonds. The fourth-order valence-corrected chi connectivity index (χ4v) is 2.13. The lowest BCUT2D eigenvalue weighted by molar-refractivity contribution is -0.274. The molecule has 2 rings (SSSR count). The van der Waals surface area contributed by atoms with Gasteiger partial charge >= 0.3 is 6.36 Å². The summed E-state index contributed by atoms with van der Waals surface area (Å²) in [7, 11) is 1.81. The molecular formula is C15H16F3NO2. The summed E-state index contributed by atoms with van der Waals surface area (Å²) in [5, 5.41) is 3.14. The minimum absolute atomic E-state index is 0.0330. The van der Waals surface area contributed by atoms with Crippen LogP contribution in [0.4, 0.5) is 13.2 Å². The Bertz CT molecular complexity index is 575. The van der Waals surface area contributed by atoms with E-state index in [9.17, 15) is 13.2 Å². The molecule has 0 aliphatic heterocycles. The van der Waals surface area contributed by atoms with Gasteiger partial charge in [0.25, 0.3) is 0 Å². The van der Waals surface area contributed by atoms with Crippen LogP contribution in [0.5, 0.6) is 5.75 Å². The van der Waals surface area contributed by atoms with E-state index in [4.69, 9.17) is 4.42 Å². The molecule has 0 aliphatic rings. The highest BCUT2D eigenvalue weighted by atomic mass is 19.4. The van der Waals surface area contributed by atoms with E-state index in [2.05, 4.69) is 10.1 Å². The molecule has 0 bridgehead atoms. The van der Waals surface area contributed by atoms with Gasteiger partial charge in [0.2, 0.25) is 0 Å². The van der Waals surface area contributed by atoms with Crippen molar-refractivity contribution in [3.05, 3.63) is 53.5 Å². The average Bonchev–Trinajstić information content (AvgIpc) is 2.82. The third-order valence-corrected chi connectivity index (χ3v) is 3.16. The molecule has 0 fully saturated rings. The van der Waals surface area contributed by atoms with E-state index < -0.39 is 6.36 Å². The Kier molecular flexibility index (Phi) is 4.57. The van der Waals surface area contributed by atoms with E-state index >= 15 is 0 Å². The van der Waals surface area contributed by atoms with Gasteiger partial charge in [0.1, 0.15) is 11.5 Å². The standard InChI is InChI=1S/C15H16F3NO2/c1-10-7-8-20-14(10)13(19-2)9-11-3-5-12(6-4-11)21-15(16,17)18/h3-8,13,19H,9H2,1-2H3. The van der Waals surface area contributed by atoms with Crippen molar-refractivity contribution in [1.29, 1.82) is 0 Å². The van der Waals surface area contributed by atoms with E-state index in [-0.39, 0.29) is 11.8 Å². The van der Waals surface area contributed by atoms with Gasteiger partial charge < -0.3 is 14.5 Å². The van der Waals surface area contributed by atoms with Crippen LogP contribution in [0.15, 0.2) is 41.0 Å². The number of nitrogens with one attached hydrogen (secondary N) is 1. The third-order valence-electron chi connectivity index (χ3n) is 3.16. The fraction of sp³-hybridized carbons (Fsp3) is 0.333. The summed E-state index contributed by atoms with van der Waals surface area (Å²) in [6.07, 6.45) is -2.44. The summed E-state index contributed by atoms with van der Waals surface area (Å²) in [6, 6.07) is 7.69. The molecule has 1 aromatic carbocycles. The van der Waals surface area contributed by atoms with Crippen molar-refractivity contribution in [3.63, 3.8) is 0 Å². The van der Waals surface area contributed by atoms with E-state index in [1.807, 2.05) is 20.0 Å². The summed E-state index contributed by atoms with van der Waals surface area (Å²) >= 11 is 0. The molecule has 114 valence electrons. The molecule has 0 aliphatic carbocycles. The summed E-state index contributed by atoms with van der Waals surface area (Å²) in [6.45, 7) is 1.95. The first-order valence-electron chi connectivity index (χ1n) is 6.45. The first-order valence-corrected chi connectivity index (χ1v) is 6.45. The maximum absolute atomic E-state index is 12.1. The van der Waals surface area contributed by atoms with E-state index in [0.29, 0.717) is 6.42 Å². The number of benzene rings is 1. The zero-order valence-electron chi connectivity index (χ0n) is 11.7. The van der Waals surface area contributed by atoms with Crippen LogP contribution in [0, 0.1) is 6.92 Å². The molecule has 0 saturated carbocycles. The van der Waals surface area contributed by atoms with Crippen LogP contribution in [0.2, 0.25) is 0 Å². The Balaban J connectivity index is 2.07. The highest BCUT2D eigenvalue weighted by molar-refractivity contribution is 5.29. The van der Waals surface area contributed by atoms with Crippen molar-refractivity contribution in [2.75, 3.05) is 7.05 Å². The molecule has 1 unspecified atom stereocenters. The summed E-state index contributed by atoms with van der Waals surface area (Å²) < 4.78 is 45.6. The van der Waals surface area contributed by atoms with Crippen LogP contribution in [-0.2, 0) is 6.42 Å². The third kappa shape index (κ3) is 4.26. The minimum Gasteiger partial charge on any atom is -0.467 e. The van der Waals surface area contributed by atoms with Gasteiger partial charge in [0.05, 0.1) is 12.3 Å². The number of furan rings is 1. The molecule has 0 saturated heterocycles. The molecule has 1 heterocycles. The molecule has 6 heteroatoms. The van der Waals surface area contributed by atoms with Crippen molar-refractivity contribution in [3.8, 4) is 5.75 Å². The van der Waals surface area contributed by atoms with Crippen LogP contribution >= 0.6 is 0 Å². The number of likely N-dealkylation sites (N-methyl/N-ethyl adjacent to an activating group) is 1.